The number of halogens is 1. The highest BCUT2D eigenvalue weighted by atomic mass is 35.5. The fourth-order valence-electron chi connectivity index (χ4n) is 1.43. The van der Waals surface area contributed by atoms with Crippen molar-refractivity contribution in [2.45, 2.75) is 6.92 Å². The van der Waals surface area contributed by atoms with Crippen molar-refractivity contribution in [1.82, 2.24) is 10.6 Å². The Morgan fingerprint density at radius 2 is 2.00 bits per heavy atom. The fourth-order valence-corrected chi connectivity index (χ4v) is 1.60. The zero-order valence-corrected chi connectivity index (χ0v) is 11.6. The van der Waals surface area contributed by atoms with E-state index in [-0.39, 0.29) is 12.1 Å². The predicted octanol–water partition coefficient (Wildman–Crippen LogP) is 0.696. The number of carbonyl (C=O) groups excluding carboxylic acids is 3. The standard InChI is InChI=1S/C12H15ClN4O3/c1-2-15-12(20)17-10(18)6-16-9-4-3-7(13)5-8(9)11(14)19/h3-5,16H,2,6H2,1H3,(H2,14,19)(H2,15,17,18,20). The molecular weight excluding hydrogens is 284 g/mol. The molecule has 20 heavy (non-hydrogen) atoms. The molecule has 0 fully saturated rings. The molecule has 1 aromatic carbocycles. The summed E-state index contributed by atoms with van der Waals surface area (Å²) in [6, 6.07) is 3.90. The summed E-state index contributed by atoms with van der Waals surface area (Å²) in [7, 11) is 0. The van der Waals surface area contributed by atoms with Gasteiger partial charge in [0.25, 0.3) is 5.91 Å². The quantitative estimate of drug-likeness (QED) is 0.640. The van der Waals surface area contributed by atoms with Crippen molar-refractivity contribution in [1.29, 1.82) is 0 Å². The lowest BCUT2D eigenvalue weighted by molar-refractivity contribution is -0.118. The number of rotatable bonds is 5. The van der Waals surface area contributed by atoms with Gasteiger partial charge in [-0.25, -0.2) is 4.79 Å². The fraction of sp³-hybridized carbons (Fsp3) is 0.250. The van der Waals surface area contributed by atoms with Crippen LogP contribution in [-0.4, -0.2) is 30.9 Å². The highest BCUT2D eigenvalue weighted by molar-refractivity contribution is 6.31. The van der Waals surface area contributed by atoms with Crippen LogP contribution in [0.5, 0.6) is 0 Å². The van der Waals surface area contributed by atoms with Crippen molar-refractivity contribution >= 4 is 35.1 Å². The van der Waals surface area contributed by atoms with Crippen LogP contribution in [0.1, 0.15) is 17.3 Å². The molecule has 0 aliphatic carbocycles. The van der Waals surface area contributed by atoms with Crippen molar-refractivity contribution in [3.05, 3.63) is 28.8 Å². The summed E-state index contributed by atoms with van der Waals surface area (Å²) in [6.45, 7) is 1.96. The van der Waals surface area contributed by atoms with E-state index in [0.29, 0.717) is 17.3 Å². The average molecular weight is 299 g/mol. The van der Waals surface area contributed by atoms with Crippen LogP contribution in [0.25, 0.3) is 0 Å². The Balaban J connectivity index is 2.64. The number of primary amides is 1. The van der Waals surface area contributed by atoms with Gasteiger partial charge in [-0.05, 0) is 25.1 Å². The predicted molar refractivity (Wildman–Crippen MR) is 75.7 cm³/mol. The number of anilines is 1. The van der Waals surface area contributed by atoms with Crippen molar-refractivity contribution in [2.24, 2.45) is 5.73 Å². The van der Waals surface area contributed by atoms with Gasteiger partial charge in [-0.1, -0.05) is 11.6 Å². The zero-order valence-electron chi connectivity index (χ0n) is 10.8. The molecule has 8 heteroatoms. The van der Waals surface area contributed by atoms with Crippen molar-refractivity contribution in [2.75, 3.05) is 18.4 Å². The van der Waals surface area contributed by atoms with Crippen LogP contribution >= 0.6 is 11.6 Å². The topological polar surface area (TPSA) is 113 Å². The molecule has 0 aromatic heterocycles. The zero-order chi connectivity index (χ0) is 15.1. The molecule has 108 valence electrons. The Morgan fingerprint density at radius 3 is 2.60 bits per heavy atom. The summed E-state index contributed by atoms with van der Waals surface area (Å²) in [5, 5.41) is 7.61. The van der Waals surface area contributed by atoms with E-state index in [1.54, 1.807) is 13.0 Å². The van der Waals surface area contributed by atoms with E-state index in [2.05, 4.69) is 16.0 Å². The molecule has 0 saturated carbocycles. The molecule has 0 aliphatic rings. The van der Waals surface area contributed by atoms with Crippen LogP contribution in [0.2, 0.25) is 5.02 Å². The van der Waals surface area contributed by atoms with Gasteiger partial charge in [0.1, 0.15) is 0 Å². The van der Waals surface area contributed by atoms with E-state index in [0.717, 1.165) is 0 Å². The molecule has 5 N–H and O–H groups in total. The number of amides is 4. The Morgan fingerprint density at radius 1 is 1.30 bits per heavy atom. The number of hydrogen-bond donors (Lipinski definition) is 4. The van der Waals surface area contributed by atoms with Gasteiger partial charge in [-0.15, -0.1) is 0 Å². The maximum Gasteiger partial charge on any atom is 0.321 e. The molecular formula is C12H15ClN4O3. The first-order valence-electron chi connectivity index (χ1n) is 5.85. The van der Waals surface area contributed by atoms with E-state index in [4.69, 9.17) is 17.3 Å². The normalized spacial score (nSPS) is 9.70. The second-order valence-corrected chi connectivity index (χ2v) is 4.25. The van der Waals surface area contributed by atoms with Crippen LogP contribution in [-0.2, 0) is 4.79 Å². The number of benzene rings is 1. The van der Waals surface area contributed by atoms with E-state index >= 15 is 0 Å². The van der Waals surface area contributed by atoms with Gasteiger partial charge in [-0.2, -0.15) is 0 Å². The molecule has 0 atom stereocenters. The smallest absolute Gasteiger partial charge is 0.321 e. The number of hydrogen-bond acceptors (Lipinski definition) is 4. The van der Waals surface area contributed by atoms with Crippen molar-refractivity contribution < 1.29 is 14.4 Å². The molecule has 0 saturated heterocycles. The number of urea groups is 1. The Labute approximate surface area is 120 Å². The lowest BCUT2D eigenvalue weighted by atomic mass is 10.1. The molecule has 1 rings (SSSR count). The highest BCUT2D eigenvalue weighted by Crippen LogP contribution is 2.19. The number of nitrogens with two attached hydrogens (primary N) is 1. The highest BCUT2D eigenvalue weighted by Gasteiger charge is 2.11. The van der Waals surface area contributed by atoms with Crippen LogP contribution in [0, 0.1) is 0 Å². The molecule has 4 amide bonds. The third-order valence-electron chi connectivity index (χ3n) is 2.28. The first-order valence-corrected chi connectivity index (χ1v) is 6.22. The molecule has 0 heterocycles. The minimum Gasteiger partial charge on any atom is -0.375 e. The van der Waals surface area contributed by atoms with Gasteiger partial charge in [-0.3, -0.25) is 14.9 Å². The number of carbonyl (C=O) groups is 3. The van der Waals surface area contributed by atoms with Crippen molar-refractivity contribution in [3.8, 4) is 0 Å². The van der Waals surface area contributed by atoms with E-state index in [9.17, 15) is 14.4 Å². The molecule has 7 nitrogen and oxygen atoms in total. The summed E-state index contributed by atoms with van der Waals surface area (Å²) in [5.74, 6) is -1.21. The van der Waals surface area contributed by atoms with Crippen LogP contribution in [0.4, 0.5) is 10.5 Å². The first-order chi connectivity index (χ1) is 9.43. The van der Waals surface area contributed by atoms with Crippen molar-refractivity contribution in [3.63, 3.8) is 0 Å². The van der Waals surface area contributed by atoms with Crippen LogP contribution in [0.15, 0.2) is 18.2 Å². The largest absolute Gasteiger partial charge is 0.375 e. The van der Waals surface area contributed by atoms with E-state index < -0.39 is 17.8 Å². The van der Waals surface area contributed by atoms with Crippen LogP contribution in [0.3, 0.4) is 0 Å². The third-order valence-corrected chi connectivity index (χ3v) is 2.51. The second kappa shape index (κ2) is 7.34. The molecule has 0 aliphatic heterocycles. The maximum absolute atomic E-state index is 11.5. The van der Waals surface area contributed by atoms with Gasteiger partial charge >= 0.3 is 6.03 Å². The SMILES string of the molecule is CCNC(=O)NC(=O)CNc1ccc(Cl)cc1C(N)=O. The molecule has 0 radical (unpaired) electrons. The summed E-state index contributed by atoms with van der Waals surface area (Å²) < 4.78 is 0. The van der Waals surface area contributed by atoms with E-state index in [1.165, 1.54) is 12.1 Å². The van der Waals surface area contributed by atoms with Gasteiger partial charge in [0, 0.05) is 17.3 Å². The average Bonchev–Trinajstić information content (AvgIpc) is 2.37. The minimum absolute atomic E-state index is 0.170. The first kappa shape index (κ1) is 15.8. The number of nitrogens with one attached hydrogen (secondary N) is 3. The summed E-state index contributed by atoms with van der Waals surface area (Å²) in [6.07, 6.45) is 0. The van der Waals surface area contributed by atoms with Gasteiger partial charge < -0.3 is 16.4 Å². The minimum atomic E-state index is -0.667. The number of imide groups is 1. The molecule has 0 unspecified atom stereocenters. The molecule has 0 bridgehead atoms. The monoisotopic (exact) mass is 298 g/mol. The van der Waals surface area contributed by atoms with Crippen LogP contribution < -0.4 is 21.7 Å². The van der Waals surface area contributed by atoms with E-state index in [1.807, 2.05) is 0 Å². The lowest BCUT2D eigenvalue weighted by Gasteiger charge is -2.10. The summed E-state index contributed by atoms with van der Waals surface area (Å²) in [5.41, 5.74) is 5.75. The maximum atomic E-state index is 11.5. The lowest BCUT2D eigenvalue weighted by Crippen LogP contribution is -2.41. The Hall–Kier alpha value is -2.28. The van der Waals surface area contributed by atoms with Gasteiger partial charge in [0.05, 0.1) is 12.1 Å². The van der Waals surface area contributed by atoms with Gasteiger partial charge in [0.2, 0.25) is 5.91 Å². The summed E-state index contributed by atoms with van der Waals surface area (Å²) in [4.78, 5) is 33.8. The Bertz CT molecular complexity index is 533. The summed E-state index contributed by atoms with van der Waals surface area (Å²) >= 11 is 5.76. The molecule has 1 aromatic rings. The second-order valence-electron chi connectivity index (χ2n) is 3.82. The third kappa shape index (κ3) is 4.77. The molecule has 0 spiro atoms. The Kier molecular flexibility index (Phi) is 5.79. The van der Waals surface area contributed by atoms with Gasteiger partial charge in [0.15, 0.2) is 0 Å².